The number of aliphatic hydroxyl groups is 1. The van der Waals surface area contributed by atoms with Gasteiger partial charge in [-0.25, -0.2) is 19.8 Å². The number of amides is 2. The summed E-state index contributed by atoms with van der Waals surface area (Å²) in [4.78, 5) is 27.6. The van der Waals surface area contributed by atoms with Crippen LogP contribution in [0.1, 0.15) is 18.3 Å². The van der Waals surface area contributed by atoms with Crippen LogP contribution < -0.4 is 0 Å². The van der Waals surface area contributed by atoms with E-state index in [2.05, 4.69) is 15.0 Å². The normalized spacial score (nSPS) is 18.9. The fraction of sp³-hybridized carbons (Fsp3) is 0.333. The minimum absolute atomic E-state index is 0.303. The first-order valence-corrected chi connectivity index (χ1v) is 5.93. The molecule has 0 spiro atoms. The van der Waals surface area contributed by atoms with Gasteiger partial charge in [-0.15, -0.1) is 0 Å². The molecule has 3 rings (SSSR count). The van der Waals surface area contributed by atoms with Crippen molar-refractivity contribution < 1.29 is 9.90 Å². The second-order valence-corrected chi connectivity index (χ2v) is 4.46. The Bertz CT molecular complexity index is 608. The monoisotopic (exact) mass is 259 g/mol. The number of aliphatic hydroxyl groups excluding tert-OH is 1. The van der Waals surface area contributed by atoms with Gasteiger partial charge in [0.15, 0.2) is 5.82 Å². The zero-order valence-corrected chi connectivity index (χ0v) is 10.6. The average molecular weight is 259 g/mol. The van der Waals surface area contributed by atoms with Crippen LogP contribution in [0.15, 0.2) is 23.5 Å². The molecule has 1 unspecified atom stereocenters. The van der Waals surface area contributed by atoms with Crippen molar-refractivity contribution in [2.24, 2.45) is 4.99 Å². The first kappa shape index (κ1) is 11.8. The molecule has 0 aromatic carbocycles. The Labute approximate surface area is 109 Å². The predicted octanol–water partition coefficient (Wildman–Crippen LogP) is 0.918. The van der Waals surface area contributed by atoms with Crippen molar-refractivity contribution in [1.82, 2.24) is 19.8 Å². The highest BCUT2D eigenvalue weighted by Crippen LogP contribution is 2.26. The van der Waals surface area contributed by atoms with Gasteiger partial charge in [0.1, 0.15) is 17.9 Å². The van der Waals surface area contributed by atoms with E-state index < -0.39 is 6.23 Å². The summed E-state index contributed by atoms with van der Waals surface area (Å²) in [5.41, 5.74) is 0.795. The number of carbonyl (C=O) groups is 1. The lowest BCUT2D eigenvalue weighted by Gasteiger charge is -2.35. The van der Waals surface area contributed by atoms with Crippen molar-refractivity contribution in [2.45, 2.75) is 26.6 Å². The quantitative estimate of drug-likeness (QED) is 0.813. The van der Waals surface area contributed by atoms with E-state index in [1.807, 2.05) is 0 Å². The summed E-state index contributed by atoms with van der Waals surface area (Å²) in [6.07, 6.45) is 4.02. The van der Waals surface area contributed by atoms with E-state index in [-0.39, 0.29) is 6.03 Å². The predicted molar refractivity (Wildman–Crippen MR) is 67.5 cm³/mol. The largest absolute Gasteiger partial charge is 0.373 e. The van der Waals surface area contributed by atoms with Crippen LogP contribution in [-0.4, -0.2) is 43.0 Å². The summed E-state index contributed by atoms with van der Waals surface area (Å²) in [6.45, 7) is 3.69. The van der Waals surface area contributed by atoms with Crippen molar-refractivity contribution in [1.29, 1.82) is 0 Å². The van der Waals surface area contributed by atoms with Gasteiger partial charge in [-0.05, 0) is 19.9 Å². The van der Waals surface area contributed by atoms with Gasteiger partial charge >= 0.3 is 6.03 Å². The van der Waals surface area contributed by atoms with Crippen LogP contribution in [0.2, 0.25) is 0 Å². The molecule has 1 atom stereocenters. The minimum Gasteiger partial charge on any atom is -0.373 e. The third-order valence-electron chi connectivity index (χ3n) is 3.03. The van der Waals surface area contributed by atoms with Crippen molar-refractivity contribution in [2.75, 3.05) is 0 Å². The van der Waals surface area contributed by atoms with Crippen LogP contribution in [0.5, 0.6) is 0 Å². The number of aliphatic imine (C=N–C) groups is 1. The molecule has 2 aliphatic heterocycles. The van der Waals surface area contributed by atoms with Gasteiger partial charge in [-0.1, -0.05) is 0 Å². The van der Waals surface area contributed by atoms with E-state index in [0.29, 0.717) is 24.0 Å². The maximum absolute atomic E-state index is 12.2. The summed E-state index contributed by atoms with van der Waals surface area (Å²) in [5, 5.41) is 9.53. The molecule has 0 fully saturated rings. The molecule has 0 saturated heterocycles. The zero-order valence-electron chi connectivity index (χ0n) is 10.6. The number of nitrogens with zero attached hydrogens (tertiary/aromatic N) is 5. The number of hydrogen-bond acceptors (Lipinski definition) is 5. The van der Waals surface area contributed by atoms with E-state index in [4.69, 9.17) is 0 Å². The Kier molecular flexibility index (Phi) is 2.56. The topological polar surface area (TPSA) is 81.9 Å². The minimum atomic E-state index is -0.874. The molecule has 98 valence electrons. The lowest BCUT2D eigenvalue weighted by molar-refractivity contribution is 0.0640. The highest BCUT2D eigenvalue weighted by atomic mass is 16.3. The van der Waals surface area contributed by atoms with Crippen LogP contribution in [0.3, 0.4) is 0 Å². The van der Waals surface area contributed by atoms with Gasteiger partial charge < -0.3 is 5.11 Å². The van der Waals surface area contributed by atoms with Gasteiger partial charge in [0.25, 0.3) is 0 Å². The molecular formula is C12H13N5O2. The SMILES string of the molecule is Cc1ncc2c(n1)N=C1C=CN(C(C)O)C(=O)N1C2. The number of aromatic nitrogens is 2. The highest BCUT2D eigenvalue weighted by Gasteiger charge is 2.32. The van der Waals surface area contributed by atoms with Gasteiger partial charge in [-0.3, -0.25) is 9.80 Å². The fourth-order valence-corrected chi connectivity index (χ4v) is 2.04. The molecule has 1 aromatic rings. The van der Waals surface area contributed by atoms with Gasteiger partial charge in [0.2, 0.25) is 0 Å². The van der Waals surface area contributed by atoms with Gasteiger partial charge in [-0.2, -0.15) is 0 Å². The summed E-state index contributed by atoms with van der Waals surface area (Å²) < 4.78 is 0. The van der Waals surface area contributed by atoms with Gasteiger partial charge in [0.05, 0.1) is 6.54 Å². The lowest BCUT2D eigenvalue weighted by Crippen LogP contribution is -2.50. The number of fused-ring (bicyclic) bond motifs is 2. The molecule has 1 N–H and O–H groups in total. The van der Waals surface area contributed by atoms with E-state index in [9.17, 15) is 9.90 Å². The maximum atomic E-state index is 12.2. The summed E-state index contributed by atoms with van der Waals surface area (Å²) in [5.74, 6) is 1.78. The van der Waals surface area contributed by atoms with Crippen molar-refractivity contribution in [3.63, 3.8) is 0 Å². The Morgan fingerprint density at radius 3 is 3.00 bits per heavy atom. The second-order valence-electron chi connectivity index (χ2n) is 4.46. The third kappa shape index (κ3) is 1.88. The van der Waals surface area contributed by atoms with Crippen LogP contribution in [-0.2, 0) is 6.54 Å². The number of carbonyl (C=O) groups excluding carboxylic acids is 1. The van der Waals surface area contributed by atoms with Crippen molar-refractivity contribution >= 4 is 17.7 Å². The highest BCUT2D eigenvalue weighted by molar-refractivity contribution is 6.08. The Hall–Kier alpha value is -2.28. The number of urea groups is 1. The van der Waals surface area contributed by atoms with Crippen LogP contribution in [0, 0.1) is 6.92 Å². The molecule has 1 aromatic heterocycles. The van der Waals surface area contributed by atoms with E-state index in [1.54, 1.807) is 19.2 Å². The molecule has 0 radical (unpaired) electrons. The molecule has 2 amide bonds. The number of rotatable bonds is 1. The van der Waals surface area contributed by atoms with Crippen LogP contribution in [0.4, 0.5) is 10.6 Å². The number of amidine groups is 1. The lowest BCUT2D eigenvalue weighted by atomic mass is 10.2. The molecule has 2 aliphatic rings. The van der Waals surface area contributed by atoms with Crippen molar-refractivity contribution in [3.05, 3.63) is 29.9 Å². The molecule has 0 aliphatic carbocycles. The molecular weight excluding hydrogens is 246 g/mol. The molecule has 3 heterocycles. The molecule has 7 nitrogen and oxygen atoms in total. The molecule has 19 heavy (non-hydrogen) atoms. The van der Waals surface area contributed by atoms with E-state index in [0.717, 1.165) is 5.56 Å². The molecule has 7 heteroatoms. The maximum Gasteiger partial charge on any atom is 0.332 e. The van der Waals surface area contributed by atoms with Gasteiger partial charge in [0, 0.05) is 18.0 Å². The van der Waals surface area contributed by atoms with Crippen molar-refractivity contribution in [3.8, 4) is 0 Å². The Balaban J connectivity index is 2.03. The Morgan fingerprint density at radius 1 is 1.47 bits per heavy atom. The fourth-order valence-electron chi connectivity index (χ4n) is 2.04. The first-order valence-electron chi connectivity index (χ1n) is 5.93. The van der Waals surface area contributed by atoms with Crippen LogP contribution in [0.25, 0.3) is 0 Å². The second kappa shape index (κ2) is 4.13. The molecule has 0 bridgehead atoms. The summed E-state index contributed by atoms with van der Waals surface area (Å²) >= 11 is 0. The van der Waals surface area contributed by atoms with E-state index >= 15 is 0 Å². The number of aryl methyl sites for hydroxylation is 1. The zero-order chi connectivity index (χ0) is 13.6. The third-order valence-corrected chi connectivity index (χ3v) is 3.03. The summed E-state index contributed by atoms with van der Waals surface area (Å²) in [7, 11) is 0. The smallest absolute Gasteiger partial charge is 0.332 e. The first-order chi connectivity index (χ1) is 9.06. The molecule has 0 saturated carbocycles. The number of hydrogen-bond donors (Lipinski definition) is 1. The van der Waals surface area contributed by atoms with E-state index in [1.165, 1.54) is 22.9 Å². The summed E-state index contributed by atoms with van der Waals surface area (Å²) in [6, 6.07) is -0.303. The Morgan fingerprint density at radius 2 is 2.26 bits per heavy atom. The average Bonchev–Trinajstić information content (AvgIpc) is 2.37. The van der Waals surface area contributed by atoms with Crippen LogP contribution >= 0.6 is 0 Å². The standard InChI is InChI=1S/C12H13N5O2/c1-7-13-5-9-6-17-10(15-11(9)14-7)3-4-16(8(2)18)12(17)19/h3-5,8,18H,6H2,1-2H3.